The number of aromatic nitrogens is 2. The molecule has 0 aliphatic heterocycles. The lowest BCUT2D eigenvalue weighted by Crippen LogP contribution is -2.44. The summed E-state index contributed by atoms with van der Waals surface area (Å²) in [5.41, 5.74) is -0.396. The van der Waals surface area contributed by atoms with Crippen LogP contribution in [-0.2, 0) is 6.54 Å². The normalized spacial score (nSPS) is 23.7. The maximum atomic E-state index is 12.0. The summed E-state index contributed by atoms with van der Waals surface area (Å²) < 4.78 is 1.56. The van der Waals surface area contributed by atoms with E-state index in [0.717, 1.165) is 38.5 Å². The summed E-state index contributed by atoms with van der Waals surface area (Å²) in [7, 11) is 0. The second kappa shape index (κ2) is 6.60. The Morgan fingerprint density at radius 1 is 1.30 bits per heavy atom. The van der Waals surface area contributed by atoms with Gasteiger partial charge in [0, 0.05) is 18.3 Å². The number of rotatable bonds is 5. The van der Waals surface area contributed by atoms with E-state index in [1.165, 1.54) is 0 Å². The molecule has 3 rings (SSSR count). The molecule has 0 spiro atoms. The lowest BCUT2D eigenvalue weighted by Gasteiger charge is -2.19. The minimum absolute atomic E-state index is 0.123. The quantitative estimate of drug-likeness (QED) is 0.762. The van der Waals surface area contributed by atoms with Gasteiger partial charge < -0.3 is 10.6 Å². The van der Waals surface area contributed by atoms with Gasteiger partial charge in [-0.3, -0.25) is 14.3 Å². The van der Waals surface area contributed by atoms with Crippen LogP contribution in [0.25, 0.3) is 0 Å². The summed E-state index contributed by atoms with van der Waals surface area (Å²) in [6, 6.07) is 0.161. The fraction of sp³-hybridized carbons (Fsp3) is 0.688. The van der Waals surface area contributed by atoms with Crippen LogP contribution in [0.3, 0.4) is 0 Å². The van der Waals surface area contributed by atoms with Crippen molar-refractivity contribution in [1.82, 2.24) is 20.2 Å². The summed E-state index contributed by atoms with van der Waals surface area (Å²) >= 11 is 0. The van der Waals surface area contributed by atoms with E-state index in [2.05, 4.69) is 22.5 Å². The average molecular weight is 320 g/mol. The second-order valence-corrected chi connectivity index (χ2v) is 6.58. The molecule has 2 aliphatic carbocycles. The average Bonchev–Trinajstić information content (AvgIpc) is 3.26. The van der Waals surface area contributed by atoms with Gasteiger partial charge in [-0.15, -0.1) is 0 Å². The number of H-pyrrole nitrogens is 1. The van der Waals surface area contributed by atoms with Crippen LogP contribution in [-0.4, -0.2) is 21.6 Å². The van der Waals surface area contributed by atoms with E-state index in [1.54, 1.807) is 10.8 Å². The summed E-state index contributed by atoms with van der Waals surface area (Å²) in [4.78, 5) is 37.9. The molecular weight excluding hydrogens is 296 g/mol. The highest BCUT2D eigenvalue weighted by Gasteiger charge is 2.27. The van der Waals surface area contributed by atoms with Crippen molar-refractivity contribution >= 4 is 6.03 Å². The number of hydrogen-bond donors (Lipinski definition) is 3. The third-order valence-electron chi connectivity index (χ3n) is 4.92. The van der Waals surface area contributed by atoms with Gasteiger partial charge in [0.15, 0.2) is 0 Å². The smallest absolute Gasteiger partial charge is 0.328 e. The topological polar surface area (TPSA) is 96.0 Å². The SMILES string of the molecule is CCC1CCCC1NC(=O)NCc1cn(C2CC2)c(=O)[nH]c1=O. The molecule has 3 N–H and O–H groups in total. The standard InChI is InChI=1S/C16H24N4O3/c1-2-10-4-3-5-13(10)18-15(22)17-8-11-9-20(12-6-7-12)16(23)19-14(11)21/h9-10,12-13H,2-8H2,1H3,(H2,17,18,22)(H,19,21,23). The lowest BCUT2D eigenvalue weighted by atomic mass is 10.0. The first-order valence-corrected chi connectivity index (χ1v) is 8.47. The summed E-state index contributed by atoms with van der Waals surface area (Å²) in [6.45, 7) is 2.26. The molecule has 2 fully saturated rings. The van der Waals surface area contributed by atoms with Crippen LogP contribution in [0.5, 0.6) is 0 Å². The molecule has 0 aromatic carbocycles. The molecule has 23 heavy (non-hydrogen) atoms. The van der Waals surface area contributed by atoms with Crippen LogP contribution in [0.2, 0.25) is 0 Å². The predicted octanol–water partition coefficient (Wildman–Crippen LogP) is 1.25. The van der Waals surface area contributed by atoms with E-state index >= 15 is 0 Å². The number of carbonyl (C=O) groups excluding carboxylic acids is 1. The maximum absolute atomic E-state index is 12.0. The summed E-state index contributed by atoms with van der Waals surface area (Å²) in [5.74, 6) is 0.543. The number of aromatic amines is 1. The van der Waals surface area contributed by atoms with Crippen LogP contribution in [0, 0.1) is 5.92 Å². The van der Waals surface area contributed by atoms with Gasteiger partial charge in [0.2, 0.25) is 0 Å². The zero-order valence-electron chi connectivity index (χ0n) is 13.4. The van der Waals surface area contributed by atoms with Crippen molar-refractivity contribution in [3.8, 4) is 0 Å². The molecule has 2 aliphatic rings. The molecule has 1 aromatic heterocycles. The van der Waals surface area contributed by atoms with E-state index in [1.807, 2.05) is 0 Å². The lowest BCUT2D eigenvalue weighted by molar-refractivity contribution is 0.232. The fourth-order valence-electron chi connectivity index (χ4n) is 3.39. The Kier molecular flexibility index (Phi) is 4.54. The van der Waals surface area contributed by atoms with Crippen LogP contribution >= 0.6 is 0 Å². The molecule has 7 nitrogen and oxygen atoms in total. The van der Waals surface area contributed by atoms with Gasteiger partial charge in [-0.05, 0) is 31.6 Å². The number of nitrogens with one attached hydrogen (secondary N) is 3. The van der Waals surface area contributed by atoms with Crippen molar-refractivity contribution in [2.24, 2.45) is 5.92 Å². The molecule has 126 valence electrons. The fourth-order valence-corrected chi connectivity index (χ4v) is 3.39. The first kappa shape index (κ1) is 15.8. The Morgan fingerprint density at radius 3 is 2.78 bits per heavy atom. The van der Waals surface area contributed by atoms with Gasteiger partial charge >= 0.3 is 11.7 Å². The van der Waals surface area contributed by atoms with Crippen molar-refractivity contribution in [3.63, 3.8) is 0 Å². The van der Waals surface area contributed by atoms with Gasteiger partial charge in [0.1, 0.15) is 0 Å². The van der Waals surface area contributed by atoms with E-state index in [0.29, 0.717) is 11.5 Å². The number of carbonyl (C=O) groups is 1. The molecule has 1 aromatic rings. The molecule has 2 amide bonds. The molecule has 7 heteroatoms. The van der Waals surface area contributed by atoms with Crippen molar-refractivity contribution in [3.05, 3.63) is 32.6 Å². The van der Waals surface area contributed by atoms with Crippen LogP contribution in [0.1, 0.15) is 57.1 Å². The Hall–Kier alpha value is -2.05. The maximum Gasteiger partial charge on any atom is 0.328 e. The molecular formula is C16H24N4O3. The molecule has 2 saturated carbocycles. The molecule has 0 saturated heterocycles. The monoisotopic (exact) mass is 320 g/mol. The Labute approximate surface area is 134 Å². The Morgan fingerprint density at radius 2 is 2.09 bits per heavy atom. The van der Waals surface area contributed by atoms with Crippen molar-refractivity contribution < 1.29 is 4.79 Å². The number of amides is 2. The number of urea groups is 1. The number of hydrogen-bond acceptors (Lipinski definition) is 3. The minimum atomic E-state index is -0.431. The van der Waals surface area contributed by atoms with Gasteiger partial charge in [-0.2, -0.15) is 0 Å². The molecule has 2 unspecified atom stereocenters. The first-order valence-electron chi connectivity index (χ1n) is 8.47. The van der Waals surface area contributed by atoms with Crippen molar-refractivity contribution in [2.45, 2.75) is 64.1 Å². The summed E-state index contributed by atoms with van der Waals surface area (Å²) in [5, 5.41) is 5.73. The first-order chi connectivity index (χ1) is 11.1. The van der Waals surface area contributed by atoms with E-state index < -0.39 is 5.56 Å². The second-order valence-electron chi connectivity index (χ2n) is 6.58. The molecule has 2 atom stereocenters. The van der Waals surface area contributed by atoms with Crippen LogP contribution < -0.4 is 21.9 Å². The molecule has 0 radical (unpaired) electrons. The highest BCUT2D eigenvalue weighted by molar-refractivity contribution is 5.74. The predicted molar refractivity (Wildman–Crippen MR) is 86.4 cm³/mol. The largest absolute Gasteiger partial charge is 0.335 e. The zero-order chi connectivity index (χ0) is 16.4. The van der Waals surface area contributed by atoms with Gasteiger partial charge in [-0.25, -0.2) is 9.59 Å². The van der Waals surface area contributed by atoms with Crippen molar-refractivity contribution in [2.75, 3.05) is 0 Å². The van der Waals surface area contributed by atoms with Crippen molar-refractivity contribution in [1.29, 1.82) is 0 Å². The van der Waals surface area contributed by atoms with E-state index in [4.69, 9.17) is 0 Å². The van der Waals surface area contributed by atoms with Gasteiger partial charge in [0.25, 0.3) is 5.56 Å². The van der Waals surface area contributed by atoms with Crippen LogP contribution in [0.4, 0.5) is 4.79 Å². The highest BCUT2D eigenvalue weighted by Crippen LogP contribution is 2.33. The Balaban J connectivity index is 1.59. The zero-order valence-corrected chi connectivity index (χ0v) is 13.4. The van der Waals surface area contributed by atoms with E-state index in [-0.39, 0.29) is 30.3 Å². The Bertz CT molecular complexity index is 689. The highest BCUT2D eigenvalue weighted by atomic mass is 16.2. The minimum Gasteiger partial charge on any atom is -0.335 e. The van der Waals surface area contributed by atoms with Gasteiger partial charge in [0.05, 0.1) is 12.1 Å². The van der Waals surface area contributed by atoms with Gasteiger partial charge in [-0.1, -0.05) is 19.8 Å². The molecule has 0 bridgehead atoms. The van der Waals surface area contributed by atoms with Crippen LogP contribution in [0.15, 0.2) is 15.8 Å². The number of nitrogens with zero attached hydrogens (tertiary/aromatic N) is 1. The summed E-state index contributed by atoms with van der Waals surface area (Å²) in [6.07, 6.45) is 7.88. The third kappa shape index (κ3) is 3.65. The third-order valence-corrected chi connectivity index (χ3v) is 4.92. The molecule has 1 heterocycles. The van der Waals surface area contributed by atoms with E-state index in [9.17, 15) is 14.4 Å².